The Morgan fingerprint density at radius 3 is 1.83 bits per heavy atom. The first-order valence-corrected chi connectivity index (χ1v) is 12.5. The van der Waals surface area contributed by atoms with Gasteiger partial charge in [-0.05, 0) is 63.2 Å². The maximum atomic E-state index is 4.82. The molecule has 6 aromatic rings. The van der Waals surface area contributed by atoms with E-state index in [2.05, 4.69) is 120 Å². The molecular formula is C34H20N2. The molecule has 3 heterocycles. The quantitative estimate of drug-likeness (QED) is 0.228. The molecule has 2 aliphatic heterocycles. The van der Waals surface area contributed by atoms with E-state index in [1.54, 1.807) is 0 Å². The van der Waals surface area contributed by atoms with E-state index < -0.39 is 0 Å². The summed E-state index contributed by atoms with van der Waals surface area (Å²) < 4.78 is 0. The third-order valence-electron chi connectivity index (χ3n) is 8.44. The summed E-state index contributed by atoms with van der Waals surface area (Å²) in [6.45, 7) is 0. The third-order valence-corrected chi connectivity index (χ3v) is 8.44. The average Bonchev–Trinajstić information content (AvgIpc) is 3.24. The molecule has 0 bridgehead atoms. The molecule has 36 heavy (non-hydrogen) atoms. The van der Waals surface area contributed by atoms with Gasteiger partial charge in [0.25, 0.3) is 0 Å². The average molecular weight is 457 g/mol. The van der Waals surface area contributed by atoms with Crippen LogP contribution < -0.4 is 4.90 Å². The van der Waals surface area contributed by atoms with Gasteiger partial charge in [0.1, 0.15) is 0 Å². The molecule has 3 aliphatic rings. The van der Waals surface area contributed by atoms with Gasteiger partial charge < -0.3 is 4.90 Å². The molecule has 0 radical (unpaired) electrons. The molecule has 0 fully saturated rings. The van der Waals surface area contributed by atoms with Gasteiger partial charge in [0.2, 0.25) is 0 Å². The van der Waals surface area contributed by atoms with Crippen molar-refractivity contribution in [2.75, 3.05) is 4.90 Å². The second-order valence-electron chi connectivity index (χ2n) is 9.93. The first-order valence-electron chi connectivity index (χ1n) is 12.5. The van der Waals surface area contributed by atoms with Gasteiger partial charge in [-0.15, -0.1) is 0 Å². The Balaban J connectivity index is 1.57. The lowest BCUT2D eigenvalue weighted by Gasteiger charge is -2.47. The number of fused-ring (bicyclic) bond motifs is 12. The van der Waals surface area contributed by atoms with Crippen molar-refractivity contribution in [3.05, 3.63) is 144 Å². The summed E-state index contributed by atoms with van der Waals surface area (Å²) in [7, 11) is 0. The maximum absolute atomic E-state index is 4.82. The Morgan fingerprint density at radius 2 is 1.08 bits per heavy atom. The second-order valence-corrected chi connectivity index (χ2v) is 9.93. The van der Waals surface area contributed by atoms with Crippen LogP contribution in [0.3, 0.4) is 0 Å². The van der Waals surface area contributed by atoms with E-state index in [9.17, 15) is 0 Å². The van der Waals surface area contributed by atoms with Crippen molar-refractivity contribution in [1.29, 1.82) is 0 Å². The fourth-order valence-electron chi connectivity index (χ4n) is 7.20. The molecule has 1 aliphatic carbocycles. The van der Waals surface area contributed by atoms with Crippen molar-refractivity contribution in [2.45, 2.75) is 5.41 Å². The van der Waals surface area contributed by atoms with E-state index >= 15 is 0 Å². The first-order chi connectivity index (χ1) is 17.9. The van der Waals surface area contributed by atoms with Crippen LogP contribution in [0.15, 0.2) is 121 Å². The number of hydrogen-bond donors (Lipinski definition) is 0. The van der Waals surface area contributed by atoms with Gasteiger partial charge in [-0.1, -0.05) is 91.0 Å². The van der Waals surface area contributed by atoms with Gasteiger partial charge in [-0.3, -0.25) is 4.98 Å². The van der Waals surface area contributed by atoms with Crippen molar-refractivity contribution >= 4 is 28.0 Å². The van der Waals surface area contributed by atoms with Crippen LogP contribution in [0, 0.1) is 0 Å². The van der Waals surface area contributed by atoms with Crippen LogP contribution in [0.1, 0.15) is 22.3 Å². The minimum atomic E-state index is -0.386. The largest absolute Gasteiger partial charge is 0.308 e. The summed E-state index contributed by atoms with van der Waals surface area (Å²) in [6.07, 6.45) is 1.95. The summed E-state index contributed by atoms with van der Waals surface area (Å²) in [6, 6.07) is 42.5. The summed E-state index contributed by atoms with van der Waals surface area (Å²) in [5.74, 6) is 0. The summed E-state index contributed by atoms with van der Waals surface area (Å²) in [5.41, 5.74) is 14.9. The van der Waals surface area contributed by atoms with E-state index in [0.29, 0.717) is 0 Å². The molecule has 1 aromatic heterocycles. The molecule has 0 saturated heterocycles. The van der Waals surface area contributed by atoms with Crippen molar-refractivity contribution < 1.29 is 0 Å². The van der Waals surface area contributed by atoms with Crippen molar-refractivity contribution in [2.24, 2.45) is 0 Å². The van der Waals surface area contributed by atoms with Crippen molar-refractivity contribution in [3.8, 4) is 22.3 Å². The molecule has 9 rings (SSSR count). The molecule has 0 saturated carbocycles. The van der Waals surface area contributed by atoms with Crippen LogP contribution in [-0.4, -0.2) is 4.98 Å². The monoisotopic (exact) mass is 456 g/mol. The van der Waals surface area contributed by atoms with Gasteiger partial charge in [-0.2, -0.15) is 0 Å². The molecule has 1 spiro atoms. The zero-order chi connectivity index (χ0) is 23.4. The molecule has 166 valence electrons. The Labute approximate surface area is 209 Å². The van der Waals surface area contributed by atoms with E-state index in [1.807, 2.05) is 6.20 Å². The number of nitrogens with zero attached hydrogens (tertiary/aromatic N) is 2. The Hall–Kier alpha value is -4.69. The molecule has 0 unspecified atom stereocenters. The van der Waals surface area contributed by atoms with Crippen LogP contribution in [0.2, 0.25) is 0 Å². The Bertz CT molecular complexity index is 1870. The van der Waals surface area contributed by atoms with E-state index in [4.69, 9.17) is 4.98 Å². The number of anilines is 3. The van der Waals surface area contributed by atoms with Crippen LogP contribution in [-0.2, 0) is 5.41 Å². The maximum Gasteiger partial charge on any atom is 0.0754 e. The molecule has 0 amide bonds. The van der Waals surface area contributed by atoms with Crippen LogP contribution >= 0.6 is 0 Å². The van der Waals surface area contributed by atoms with Gasteiger partial charge in [0.15, 0.2) is 0 Å². The highest BCUT2D eigenvalue weighted by Crippen LogP contribution is 2.66. The van der Waals surface area contributed by atoms with Crippen molar-refractivity contribution in [3.63, 3.8) is 0 Å². The minimum Gasteiger partial charge on any atom is -0.308 e. The lowest BCUT2D eigenvalue weighted by molar-refractivity contribution is 0.754. The number of pyridine rings is 1. The zero-order valence-corrected chi connectivity index (χ0v) is 19.4. The minimum absolute atomic E-state index is 0.386. The van der Waals surface area contributed by atoms with Gasteiger partial charge in [0, 0.05) is 17.1 Å². The molecule has 0 atom stereocenters. The molecule has 2 nitrogen and oxygen atoms in total. The lowest BCUT2D eigenvalue weighted by Crippen LogP contribution is -2.37. The molecule has 2 heteroatoms. The van der Waals surface area contributed by atoms with Crippen molar-refractivity contribution in [1.82, 2.24) is 4.98 Å². The SMILES string of the molecule is c1ccc2c(c1)-c1ccnc3ccc4c(c13)N2c1ccccc1C41c2ccccc2-c2ccccc21. The van der Waals surface area contributed by atoms with Crippen LogP contribution in [0.4, 0.5) is 17.1 Å². The molecule has 0 N–H and O–H groups in total. The van der Waals surface area contributed by atoms with Gasteiger partial charge in [0.05, 0.1) is 28.0 Å². The zero-order valence-electron chi connectivity index (χ0n) is 19.4. The number of rotatable bonds is 0. The highest BCUT2D eigenvalue weighted by molar-refractivity contribution is 6.16. The number of hydrogen-bond acceptors (Lipinski definition) is 2. The smallest absolute Gasteiger partial charge is 0.0754 e. The number of para-hydroxylation sites is 2. The summed E-state index contributed by atoms with van der Waals surface area (Å²) in [4.78, 5) is 7.32. The normalized spacial score (nSPS) is 14.8. The first kappa shape index (κ1) is 18.6. The number of aromatic nitrogens is 1. The van der Waals surface area contributed by atoms with Gasteiger partial charge in [-0.25, -0.2) is 0 Å². The fourth-order valence-corrected chi connectivity index (χ4v) is 7.20. The lowest BCUT2D eigenvalue weighted by atomic mass is 9.63. The highest BCUT2D eigenvalue weighted by Gasteiger charge is 2.52. The Kier molecular flexibility index (Phi) is 3.26. The summed E-state index contributed by atoms with van der Waals surface area (Å²) in [5, 5.41) is 1.24. The predicted octanol–water partition coefficient (Wildman–Crippen LogP) is 8.36. The topological polar surface area (TPSA) is 16.1 Å². The Morgan fingerprint density at radius 1 is 0.472 bits per heavy atom. The third kappa shape index (κ3) is 1.93. The van der Waals surface area contributed by atoms with E-state index in [1.165, 1.54) is 67.0 Å². The van der Waals surface area contributed by atoms with Crippen LogP contribution in [0.5, 0.6) is 0 Å². The standard InChI is InChI=1S/C34H20N2/c1-4-12-25-21(9-1)22-10-2-5-13-26(22)34(25)27-14-6-8-16-31(27)36-30-15-7-3-11-23(30)24-19-20-35-29-18-17-28(34)33(36)32(24)29/h1-20H. The van der Waals surface area contributed by atoms with Crippen LogP contribution in [0.25, 0.3) is 33.2 Å². The van der Waals surface area contributed by atoms with Gasteiger partial charge >= 0.3 is 0 Å². The molecular weight excluding hydrogens is 436 g/mol. The fraction of sp³-hybridized carbons (Fsp3) is 0.0294. The van der Waals surface area contributed by atoms with E-state index in [0.717, 1.165) is 5.52 Å². The van der Waals surface area contributed by atoms with E-state index in [-0.39, 0.29) is 5.41 Å². The second kappa shape index (κ2) is 6.30. The number of benzene rings is 5. The molecule has 5 aromatic carbocycles. The summed E-state index contributed by atoms with van der Waals surface area (Å²) >= 11 is 0. The predicted molar refractivity (Wildman–Crippen MR) is 146 cm³/mol. The highest BCUT2D eigenvalue weighted by atomic mass is 15.2.